The smallest absolute Gasteiger partial charge is 0.0406 e. The molecule has 0 unspecified atom stereocenters. The van der Waals surface area contributed by atoms with E-state index in [9.17, 15) is 0 Å². The Bertz CT molecular complexity index is 633. The molecular weight excluding hydrogens is 292 g/mol. The molecule has 22 heavy (non-hydrogen) atoms. The van der Waals surface area contributed by atoms with Gasteiger partial charge in [0, 0.05) is 29.5 Å². The summed E-state index contributed by atoms with van der Waals surface area (Å²) in [7, 11) is 0. The molecule has 1 fully saturated rings. The second kappa shape index (κ2) is 6.21. The van der Waals surface area contributed by atoms with Crippen LogP contribution in [0.3, 0.4) is 0 Å². The van der Waals surface area contributed by atoms with Gasteiger partial charge in [-0.15, -0.1) is 0 Å². The molecule has 2 N–H and O–H groups in total. The van der Waals surface area contributed by atoms with Crippen molar-refractivity contribution in [3.63, 3.8) is 0 Å². The first-order chi connectivity index (χ1) is 10.5. The average Bonchev–Trinajstić information content (AvgIpc) is 2.53. The Hall–Kier alpha value is -1.67. The lowest BCUT2D eigenvalue weighted by molar-refractivity contribution is 0.505. The number of hydrogen-bond donors (Lipinski definition) is 1. The predicted molar refractivity (Wildman–Crippen MR) is 96.0 cm³/mol. The Morgan fingerprint density at radius 3 is 2.09 bits per heavy atom. The number of hydrogen-bond acceptors (Lipinski definition) is 2. The fourth-order valence-electron chi connectivity index (χ4n) is 3.34. The summed E-state index contributed by atoms with van der Waals surface area (Å²) in [5.41, 5.74) is 12.0. The van der Waals surface area contributed by atoms with E-state index in [1.807, 2.05) is 12.1 Å². The van der Waals surface area contributed by atoms with Crippen LogP contribution in [-0.4, -0.2) is 13.1 Å². The minimum Gasteiger partial charge on any atom is -0.398 e. The van der Waals surface area contributed by atoms with Crippen LogP contribution in [0.15, 0.2) is 36.4 Å². The minimum atomic E-state index is 0.643. The monoisotopic (exact) mass is 314 g/mol. The molecule has 2 aromatic carbocycles. The molecule has 3 heteroatoms. The Morgan fingerprint density at radius 2 is 1.55 bits per heavy atom. The number of nitrogens with zero attached hydrogens (tertiary/aromatic N) is 1. The van der Waals surface area contributed by atoms with E-state index in [0.29, 0.717) is 5.92 Å². The molecule has 0 spiro atoms. The van der Waals surface area contributed by atoms with E-state index in [-0.39, 0.29) is 0 Å². The van der Waals surface area contributed by atoms with Crippen molar-refractivity contribution in [1.29, 1.82) is 0 Å². The fourth-order valence-corrected chi connectivity index (χ4v) is 3.47. The summed E-state index contributed by atoms with van der Waals surface area (Å²) in [6.07, 6.45) is 2.37. The van der Waals surface area contributed by atoms with Gasteiger partial charge in [-0.2, -0.15) is 0 Å². The highest BCUT2D eigenvalue weighted by Crippen LogP contribution is 2.32. The van der Waals surface area contributed by atoms with Crippen LogP contribution >= 0.6 is 11.6 Å². The number of anilines is 2. The molecule has 3 rings (SSSR count). The molecular formula is C19H23ClN2. The van der Waals surface area contributed by atoms with Crippen molar-refractivity contribution >= 4 is 23.0 Å². The molecule has 0 aliphatic carbocycles. The van der Waals surface area contributed by atoms with Gasteiger partial charge in [0.2, 0.25) is 0 Å². The Balaban J connectivity index is 1.70. The van der Waals surface area contributed by atoms with Crippen LogP contribution in [-0.2, 0) is 0 Å². The summed E-state index contributed by atoms with van der Waals surface area (Å²) >= 11 is 5.98. The number of piperidine rings is 1. The third kappa shape index (κ3) is 3.07. The Kier molecular flexibility index (Phi) is 4.30. The fraction of sp³-hybridized carbons (Fsp3) is 0.368. The van der Waals surface area contributed by atoms with Crippen LogP contribution in [0.1, 0.15) is 35.4 Å². The van der Waals surface area contributed by atoms with E-state index in [2.05, 4.69) is 43.0 Å². The highest BCUT2D eigenvalue weighted by atomic mass is 35.5. The summed E-state index contributed by atoms with van der Waals surface area (Å²) in [5, 5.41) is 0.814. The second-order valence-electron chi connectivity index (χ2n) is 6.31. The SMILES string of the molecule is Cc1cc(N2CCC(c3ccc(Cl)cc3)CC2)cc(C)c1N. The van der Waals surface area contributed by atoms with Gasteiger partial charge in [-0.05, 0) is 73.6 Å². The molecule has 2 nitrogen and oxygen atoms in total. The molecule has 0 bridgehead atoms. The number of aryl methyl sites for hydroxylation is 2. The maximum atomic E-state index is 6.06. The van der Waals surface area contributed by atoms with Crippen LogP contribution in [0.2, 0.25) is 5.02 Å². The van der Waals surface area contributed by atoms with Gasteiger partial charge < -0.3 is 10.6 Å². The van der Waals surface area contributed by atoms with E-state index in [1.54, 1.807) is 0 Å². The molecule has 2 aromatic rings. The highest BCUT2D eigenvalue weighted by Gasteiger charge is 2.21. The van der Waals surface area contributed by atoms with E-state index < -0.39 is 0 Å². The zero-order valence-corrected chi connectivity index (χ0v) is 14.0. The largest absolute Gasteiger partial charge is 0.398 e. The van der Waals surface area contributed by atoms with Gasteiger partial charge in [0.15, 0.2) is 0 Å². The molecule has 0 saturated carbocycles. The van der Waals surface area contributed by atoms with E-state index in [0.717, 1.165) is 23.8 Å². The maximum absolute atomic E-state index is 6.06. The molecule has 116 valence electrons. The predicted octanol–water partition coefficient (Wildman–Crippen LogP) is 4.92. The van der Waals surface area contributed by atoms with Crippen molar-refractivity contribution in [3.8, 4) is 0 Å². The van der Waals surface area contributed by atoms with Crippen LogP contribution in [0.4, 0.5) is 11.4 Å². The zero-order valence-electron chi connectivity index (χ0n) is 13.3. The topological polar surface area (TPSA) is 29.3 Å². The van der Waals surface area contributed by atoms with Gasteiger partial charge >= 0.3 is 0 Å². The van der Waals surface area contributed by atoms with Crippen LogP contribution in [0.5, 0.6) is 0 Å². The number of nitrogens with two attached hydrogens (primary N) is 1. The average molecular weight is 315 g/mol. The highest BCUT2D eigenvalue weighted by molar-refractivity contribution is 6.30. The van der Waals surface area contributed by atoms with Gasteiger partial charge in [0.25, 0.3) is 0 Å². The van der Waals surface area contributed by atoms with Crippen molar-refractivity contribution in [2.24, 2.45) is 0 Å². The number of nitrogen functional groups attached to an aromatic ring is 1. The Labute approximate surface area is 137 Å². The first-order valence-corrected chi connectivity index (χ1v) is 8.29. The quantitative estimate of drug-likeness (QED) is 0.797. The number of halogens is 1. The maximum Gasteiger partial charge on any atom is 0.0406 e. The van der Waals surface area contributed by atoms with E-state index in [4.69, 9.17) is 17.3 Å². The minimum absolute atomic E-state index is 0.643. The number of rotatable bonds is 2. The van der Waals surface area contributed by atoms with Gasteiger partial charge in [-0.3, -0.25) is 0 Å². The molecule has 0 radical (unpaired) electrons. The van der Waals surface area contributed by atoms with Gasteiger partial charge in [-0.1, -0.05) is 23.7 Å². The molecule has 0 aromatic heterocycles. The van der Waals surface area contributed by atoms with E-state index in [1.165, 1.54) is 35.2 Å². The van der Waals surface area contributed by atoms with Crippen molar-refractivity contribution in [2.45, 2.75) is 32.6 Å². The summed E-state index contributed by atoms with van der Waals surface area (Å²) in [5.74, 6) is 0.643. The van der Waals surface area contributed by atoms with Crippen LogP contribution < -0.4 is 10.6 Å². The van der Waals surface area contributed by atoms with Crippen molar-refractivity contribution in [3.05, 3.63) is 58.1 Å². The summed E-state index contributed by atoms with van der Waals surface area (Å²) in [6, 6.07) is 12.8. The normalized spacial score (nSPS) is 16.0. The van der Waals surface area contributed by atoms with E-state index >= 15 is 0 Å². The molecule has 1 saturated heterocycles. The first-order valence-electron chi connectivity index (χ1n) is 7.91. The van der Waals surface area contributed by atoms with Gasteiger partial charge in [0.1, 0.15) is 0 Å². The lowest BCUT2D eigenvalue weighted by Crippen LogP contribution is -2.33. The zero-order chi connectivity index (χ0) is 15.7. The summed E-state index contributed by atoms with van der Waals surface area (Å²) in [4.78, 5) is 2.48. The third-order valence-electron chi connectivity index (χ3n) is 4.78. The van der Waals surface area contributed by atoms with Crippen LogP contribution in [0, 0.1) is 13.8 Å². The van der Waals surface area contributed by atoms with Crippen molar-refractivity contribution < 1.29 is 0 Å². The molecule has 1 aliphatic heterocycles. The lowest BCUT2D eigenvalue weighted by atomic mass is 9.89. The van der Waals surface area contributed by atoms with Gasteiger partial charge in [0.05, 0.1) is 0 Å². The van der Waals surface area contributed by atoms with Crippen LogP contribution in [0.25, 0.3) is 0 Å². The summed E-state index contributed by atoms with van der Waals surface area (Å²) < 4.78 is 0. The third-order valence-corrected chi connectivity index (χ3v) is 5.03. The molecule has 0 amide bonds. The Morgan fingerprint density at radius 1 is 1.00 bits per heavy atom. The molecule has 1 heterocycles. The summed E-state index contributed by atoms with van der Waals surface area (Å²) in [6.45, 7) is 6.37. The first kappa shape index (κ1) is 15.2. The standard InChI is InChI=1S/C19H23ClN2/c1-13-11-18(12-14(2)19(13)21)22-9-7-16(8-10-22)15-3-5-17(20)6-4-15/h3-6,11-12,16H,7-10,21H2,1-2H3. The lowest BCUT2D eigenvalue weighted by Gasteiger charge is -2.34. The van der Waals surface area contributed by atoms with Crippen molar-refractivity contribution in [2.75, 3.05) is 23.7 Å². The molecule has 1 aliphatic rings. The second-order valence-corrected chi connectivity index (χ2v) is 6.74. The molecule has 0 atom stereocenters. The van der Waals surface area contributed by atoms with Gasteiger partial charge in [-0.25, -0.2) is 0 Å². The number of benzene rings is 2. The van der Waals surface area contributed by atoms with Crippen molar-refractivity contribution in [1.82, 2.24) is 0 Å².